The number of aromatic nitrogens is 3. The van der Waals surface area contributed by atoms with Gasteiger partial charge in [-0.05, 0) is 30.5 Å². The molecule has 0 aliphatic carbocycles. The maximum absolute atomic E-state index is 12.3. The third-order valence-electron chi connectivity index (χ3n) is 4.32. The smallest absolute Gasteiger partial charge is 0.272 e. The van der Waals surface area contributed by atoms with Gasteiger partial charge in [0.15, 0.2) is 10.3 Å². The predicted octanol–water partition coefficient (Wildman–Crippen LogP) is 5.70. The molecule has 0 N–H and O–H groups in total. The van der Waals surface area contributed by atoms with Gasteiger partial charge in [0.05, 0.1) is 12.2 Å². The van der Waals surface area contributed by atoms with Gasteiger partial charge in [0.2, 0.25) is 0 Å². The third kappa shape index (κ3) is 6.23. The molecule has 0 atom stereocenters. The van der Waals surface area contributed by atoms with Gasteiger partial charge in [-0.15, -0.1) is 11.3 Å². The molecule has 0 bridgehead atoms. The summed E-state index contributed by atoms with van der Waals surface area (Å²) in [6.07, 6.45) is 2.16. The molecule has 0 unspecified atom stereocenters. The van der Waals surface area contributed by atoms with Crippen molar-refractivity contribution >= 4 is 40.4 Å². The minimum atomic E-state index is -2.50. The number of aryl methyl sites for hydroxylation is 1. The Bertz CT molecular complexity index is 956. The van der Waals surface area contributed by atoms with Crippen LogP contribution >= 0.6 is 34.5 Å². The number of benzene rings is 1. The molecular formula is C20H20Cl2F2N4OS. The lowest BCUT2D eigenvalue weighted by Crippen LogP contribution is -2.26. The monoisotopic (exact) mass is 472 g/mol. The van der Waals surface area contributed by atoms with Gasteiger partial charge in [-0.1, -0.05) is 42.3 Å². The average molecular weight is 473 g/mol. The molecule has 0 spiro atoms. The Labute approximate surface area is 187 Å². The van der Waals surface area contributed by atoms with Gasteiger partial charge in [0.25, 0.3) is 6.43 Å². The summed E-state index contributed by atoms with van der Waals surface area (Å²) >= 11 is 13.9. The zero-order valence-corrected chi connectivity index (χ0v) is 18.5. The maximum atomic E-state index is 12.3. The highest BCUT2D eigenvalue weighted by molar-refractivity contribution is 7.15. The quantitative estimate of drug-likeness (QED) is 0.379. The molecule has 3 aromatic rings. The van der Waals surface area contributed by atoms with E-state index in [1.807, 2.05) is 19.1 Å². The van der Waals surface area contributed by atoms with Crippen LogP contribution in [0.15, 0.2) is 36.8 Å². The lowest BCUT2D eigenvalue weighted by molar-refractivity contribution is 0.0819. The van der Waals surface area contributed by atoms with Gasteiger partial charge in [-0.3, -0.25) is 0 Å². The molecule has 2 heterocycles. The molecule has 5 nitrogen and oxygen atoms in total. The van der Waals surface area contributed by atoms with Crippen molar-refractivity contribution < 1.29 is 13.5 Å². The number of anilines is 1. The van der Waals surface area contributed by atoms with Crippen LogP contribution in [0.5, 0.6) is 5.75 Å². The number of ether oxygens (including phenoxy) is 1. The molecule has 1 aromatic carbocycles. The number of hydrogen-bond donors (Lipinski definition) is 0. The molecular weight excluding hydrogens is 453 g/mol. The molecule has 3 rings (SSSR count). The van der Waals surface area contributed by atoms with Gasteiger partial charge in [-0.25, -0.2) is 23.7 Å². The molecule has 30 heavy (non-hydrogen) atoms. The zero-order valence-electron chi connectivity index (χ0n) is 16.2. The Morgan fingerprint density at radius 3 is 2.53 bits per heavy atom. The van der Waals surface area contributed by atoms with Crippen LogP contribution in [0.1, 0.15) is 23.1 Å². The molecule has 0 amide bonds. The van der Waals surface area contributed by atoms with E-state index in [9.17, 15) is 8.78 Å². The number of thiazole rings is 1. The maximum Gasteiger partial charge on any atom is 0.272 e. The van der Waals surface area contributed by atoms with Crippen LogP contribution in [0.4, 0.5) is 14.6 Å². The Hall–Kier alpha value is -2.03. The van der Waals surface area contributed by atoms with Crippen molar-refractivity contribution in [3.05, 3.63) is 62.4 Å². The average Bonchev–Trinajstić information content (AvgIpc) is 3.15. The van der Waals surface area contributed by atoms with Crippen molar-refractivity contribution in [2.45, 2.75) is 32.7 Å². The second kappa shape index (κ2) is 10.8. The molecule has 0 fully saturated rings. The molecule has 0 aliphatic heterocycles. The molecule has 10 heteroatoms. The molecule has 0 saturated carbocycles. The second-order valence-electron chi connectivity index (χ2n) is 6.41. The van der Waals surface area contributed by atoms with Crippen LogP contribution in [0, 0.1) is 0 Å². The van der Waals surface area contributed by atoms with Gasteiger partial charge < -0.3 is 9.64 Å². The zero-order chi connectivity index (χ0) is 21.5. The largest absolute Gasteiger partial charge is 0.488 e. The topological polar surface area (TPSA) is 51.1 Å². The van der Waals surface area contributed by atoms with E-state index < -0.39 is 13.0 Å². The number of nitrogens with zero attached hydrogens (tertiary/aromatic N) is 4. The van der Waals surface area contributed by atoms with Crippen molar-refractivity contribution in [2.24, 2.45) is 0 Å². The summed E-state index contributed by atoms with van der Waals surface area (Å²) in [7, 11) is 0. The van der Waals surface area contributed by atoms with Crippen molar-refractivity contribution in [1.29, 1.82) is 0 Å². The fourth-order valence-electron chi connectivity index (χ4n) is 2.84. The number of halogens is 4. The highest BCUT2D eigenvalue weighted by atomic mass is 35.5. The normalized spacial score (nSPS) is 11.1. The summed E-state index contributed by atoms with van der Waals surface area (Å²) in [5.74, 6) is 1.08. The first kappa shape index (κ1) is 22.7. The molecule has 0 aliphatic rings. The Kier molecular flexibility index (Phi) is 8.18. The van der Waals surface area contributed by atoms with Crippen molar-refractivity contribution in [2.75, 3.05) is 18.1 Å². The lowest BCUT2D eigenvalue weighted by Gasteiger charge is -2.24. The first-order valence-corrected chi connectivity index (χ1v) is 10.9. The van der Waals surface area contributed by atoms with Crippen LogP contribution in [0.3, 0.4) is 0 Å². The van der Waals surface area contributed by atoms with Crippen LogP contribution in [0.2, 0.25) is 9.49 Å². The van der Waals surface area contributed by atoms with Crippen LogP contribution in [-0.2, 0) is 19.4 Å². The molecule has 160 valence electrons. The van der Waals surface area contributed by atoms with Crippen LogP contribution in [-0.4, -0.2) is 34.5 Å². The van der Waals surface area contributed by atoms with E-state index in [0.717, 1.165) is 16.1 Å². The van der Waals surface area contributed by atoms with E-state index in [2.05, 4.69) is 19.9 Å². The minimum Gasteiger partial charge on any atom is -0.488 e. The number of rotatable bonds is 10. The fourth-order valence-corrected chi connectivity index (χ4v) is 4.19. The highest BCUT2D eigenvalue weighted by Crippen LogP contribution is 2.29. The van der Waals surface area contributed by atoms with Gasteiger partial charge in [0.1, 0.15) is 23.7 Å². The Morgan fingerprint density at radius 1 is 1.13 bits per heavy atom. The molecule has 0 saturated heterocycles. The predicted molar refractivity (Wildman–Crippen MR) is 116 cm³/mol. The standard InChI is InChI=1S/C20H20Cl2F2N4OS/c1-2-16-18(21)19(27-12-26-16)28(10-15-9-25-20(22)30-15)8-7-13-3-5-14(6-4-13)29-11-17(23)24/h3-6,9,12,17H,2,7-8,10-11H2,1H3. The van der Waals surface area contributed by atoms with Crippen molar-refractivity contribution in [1.82, 2.24) is 15.0 Å². The van der Waals surface area contributed by atoms with E-state index >= 15 is 0 Å². The Balaban J connectivity index is 1.74. The van der Waals surface area contributed by atoms with Crippen LogP contribution < -0.4 is 9.64 Å². The van der Waals surface area contributed by atoms with E-state index in [-0.39, 0.29) is 0 Å². The Morgan fingerprint density at radius 2 is 1.90 bits per heavy atom. The fraction of sp³-hybridized carbons (Fsp3) is 0.350. The van der Waals surface area contributed by atoms with Gasteiger partial charge in [-0.2, -0.15) is 0 Å². The lowest BCUT2D eigenvalue weighted by atomic mass is 10.1. The van der Waals surface area contributed by atoms with Gasteiger partial charge >= 0.3 is 0 Å². The highest BCUT2D eigenvalue weighted by Gasteiger charge is 2.17. The van der Waals surface area contributed by atoms with E-state index in [4.69, 9.17) is 27.9 Å². The van der Waals surface area contributed by atoms with Gasteiger partial charge in [0, 0.05) is 17.6 Å². The molecule has 2 aromatic heterocycles. The minimum absolute atomic E-state index is 0.418. The summed E-state index contributed by atoms with van der Waals surface area (Å²) in [6.45, 7) is 2.56. The summed E-state index contributed by atoms with van der Waals surface area (Å²) in [6, 6.07) is 7.11. The summed E-state index contributed by atoms with van der Waals surface area (Å²) in [5.41, 5.74) is 1.82. The summed E-state index contributed by atoms with van der Waals surface area (Å²) in [5, 5.41) is 0.534. The van der Waals surface area contributed by atoms with Crippen molar-refractivity contribution in [3.8, 4) is 5.75 Å². The SMILES string of the molecule is CCc1ncnc(N(CCc2ccc(OCC(F)F)cc2)Cc2cnc(Cl)s2)c1Cl. The van der Waals surface area contributed by atoms with E-state index in [0.29, 0.717) is 47.0 Å². The first-order chi connectivity index (χ1) is 14.5. The van der Waals surface area contributed by atoms with E-state index in [1.54, 1.807) is 18.3 Å². The number of alkyl halides is 2. The summed E-state index contributed by atoms with van der Waals surface area (Å²) in [4.78, 5) is 15.8. The summed E-state index contributed by atoms with van der Waals surface area (Å²) < 4.78 is 30.1. The third-order valence-corrected chi connectivity index (χ3v) is 5.81. The first-order valence-electron chi connectivity index (χ1n) is 9.30. The van der Waals surface area contributed by atoms with E-state index in [1.165, 1.54) is 17.7 Å². The molecule has 0 radical (unpaired) electrons. The second-order valence-corrected chi connectivity index (χ2v) is 8.48. The van der Waals surface area contributed by atoms with Crippen molar-refractivity contribution in [3.63, 3.8) is 0 Å². The number of hydrogen-bond acceptors (Lipinski definition) is 6. The van der Waals surface area contributed by atoms with Crippen LogP contribution in [0.25, 0.3) is 0 Å².